The van der Waals surface area contributed by atoms with E-state index in [4.69, 9.17) is 15.2 Å². The Morgan fingerprint density at radius 1 is 1.00 bits per heavy atom. The van der Waals surface area contributed by atoms with Crippen LogP contribution < -0.4 is 20.5 Å². The highest BCUT2D eigenvalue weighted by atomic mass is 16.5. The third-order valence-corrected chi connectivity index (χ3v) is 6.96. The second-order valence-electron chi connectivity index (χ2n) is 9.43. The minimum Gasteiger partial charge on any atom is -0.493 e. The highest BCUT2D eigenvalue weighted by molar-refractivity contribution is 5.98. The van der Waals surface area contributed by atoms with Gasteiger partial charge in [0.15, 0.2) is 17.5 Å². The molecule has 1 atom stereocenters. The molecule has 0 saturated heterocycles. The number of nitrogens with two attached hydrogens (primary N) is 1. The number of benzene rings is 1. The number of hydrogen-bond acceptors (Lipinski definition) is 5. The quantitative estimate of drug-likeness (QED) is 0.444. The van der Waals surface area contributed by atoms with Crippen LogP contribution in [0.4, 0.5) is 0 Å². The van der Waals surface area contributed by atoms with Crippen molar-refractivity contribution in [2.45, 2.75) is 95.7 Å². The molecule has 1 aromatic rings. The topological polar surface area (TPSA) is 106 Å². The van der Waals surface area contributed by atoms with E-state index in [0.717, 1.165) is 31.2 Å². The largest absolute Gasteiger partial charge is 0.493 e. The van der Waals surface area contributed by atoms with E-state index in [9.17, 15) is 9.59 Å². The zero-order valence-electron chi connectivity index (χ0n) is 20.8. The molecule has 8 heteroatoms. The number of ether oxygens (including phenoxy) is 2. The molecule has 0 spiro atoms. The molecule has 1 aromatic carbocycles. The second kappa shape index (κ2) is 12.6. The molecule has 3 rings (SSSR count). The van der Waals surface area contributed by atoms with Gasteiger partial charge < -0.3 is 20.1 Å². The lowest BCUT2D eigenvalue weighted by Gasteiger charge is -2.42. The Morgan fingerprint density at radius 3 is 2.09 bits per heavy atom. The Kier molecular flexibility index (Phi) is 9.60. The summed E-state index contributed by atoms with van der Waals surface area (Å²) in [5, 5.41) is 2.62. The summed E-state index contributed by atoms with van der Waals surface area (Å²) in [4.78, 5) is 32.5. The van der Waals surface area contributed by atoms with Crippen LogP contribution in [0.1, 0.15) is 76.7 Å². The van der Waals surface area contributed by atoms with Crippen molar-refractivity contribution in [3.05, 3.63) is 23.8 Å². The van der Waals surface area contributed by atoms with E-state index in [1.165, 1.54) is 38.5 Å². The van der Waals surface area contributed by atoms with Gasteiger partial charge in [0.1, 0.15) is 6.04 Å². The van der Waals surface area contributed by atoms with Gasteiger partial charge in [0.05, 0.1) is 20.6 Å². The number of nitrogens with zero attached hydrogens (tertiary/aromatic N) is 2. The number of methoxy groups -OCH3 is 2. The molecule has 0 aromatic heterocycles. The van der Waals surface area contributed by atoms with Gasteiger partial charge in [-0.15, -0.1) is 0 Å². The van der Waals surface area contributed by atoms with Crippen molar-refractivity contribution in [1.29, 1.82) is 0 Å². The molecule has 2 amide bonds. The fraction of sp³-hybridized carbons (Fsp3) is 0.654. The molecule has 1 unspecified atom stereocenters. The summed E-state index contributed by atoms with van der Waals surface area (Å²) in [6.07, 6.45) is 11.6. The van der Waals surface area contributed by atoms with Crippen LogP contribution in [0.25, 0.3) is 0 Å². The molecule has 2 saturated carbocycles. The van der Waals surface area contributed by atoms with Crippen LogP contribution in [-0.2, 0) is 16.0 Å². The van der Waals surface area contributed by atoms with Gasteiger partial charge in [-0.05, 0) is 50.3 Å². The normalized spacial score (nSPS) is 18.7. The number of guanidine groups is 1. The molecular formula is C26H40N4O4. The third kappa shape index (κ3) is 6.87. The molecule has 34 heavy (non-hydrogen) atoms. The summed E-state index contributed by atoms with van der Waals surface area (Å²) in [6.45, 7) is 1.77. The average molecular weight is 473 g/mol. The van der Waals surface area contributed by atoms with E-state index >= 15 is 0 Å². The summed E-state index contributed by atoms with van der Waals surface area (Å²) < 4.78 is 10.5. The first-order chi connectivity index (χ1) is 16.4. The standard InChI is InChI=1S/C26H40N4O4/c1-18(25(32)30(20-10-6-4-7-11-20)21-12-8-5-9-13-21)28-26(27)29-24(31)17-19-14-15-22(33-2)23(16-19)34-3/h14-16,18,20-21H,4-13,17H2,1-3H3,(H3,27,28,29,31). The first-order valence-corrected chi connectivity index (χ1v) is 12.6. The number of carbonyl (C=O) groups excluding carboxylic acids is 2. The van der Waals surface area contributed by atoms with Gasteiger partial charge in [-0.25, -0.2) is 4.99 Å². The molecule has 0 heterocycles. The lowest BCUT2D eigenvalue weighted by molar-refractivity contribution is -0.139. The molecule has 0 bridgehead atoms. The fourth-order valence-corrected chi connectivity index (χ4v) is 5.25. The summed E-state index contributed by atoms with van der Waals surface area (Å²) in [5.41, 5.74) is 6.79. The van der Waals surface area contributed by atoms with Crippen LogP contribution >= 0.6 is 0 Å². The van der Waals surface area contributed by atoms with Crippen molar-refractivity contribution in [2.24, 2.45) is 10.7 Å². The SMILES string of the molecule is COc1ccc(CC(=O)NC(N)=NC(C)C(=O)N(C2CCCCC2)C2CCCCC2)cc1OC. The lowest BCUT2D eigenvalue weighted by atomic mass is 9.88. The van der Waals surface area contributed by atoms with Gasteiger partial charge in [-0.3, -0.25) is 14.9 Å². The number of nitrogens with one attached hydrogen (secondary N) is 1. The zero-order valence-corrected chi connectivity index (χ0v) is 20.8. The highest BCUT2D eigenvalue weighted by Crippen LogP contribution is 2.31. The molecule has 0 radical (unpaired) electrons. The highest BCUT2D eigenvalue weighted by Gasteiger charge is 2.34. The fourth-order valence-electron chi connectivity index (χ4n) is 5.25. The van der Waals surface area contributed by atoms with Gasteiger partial charge >= 0.3 is 0 Å². The number of carbonyl (C=O) groups is 2. The van der Waals surface area contributed by atoms with E-state index in [1.807, 2.05) is 0 Å². The second-order valence-corrected chi connectivity index (χ2v) is 9.43. The van der Waals surface area contributed by atoms with Crippen LogP contribution in [-0.4, -0.2) is 55.0 Å². The Hall–Kier alpha value is -2.77. The van der Waals surface area contributed by atoms with Crippen molar-refractivity contribution in [2.75, 3.05) is 14.2 Å². The molecule has 2 aliphatic rings. The minimum atomic E-state index is -0.634. The number of rotatable bonds is 8. The summed E-state index contributed by atoms with van der Waals surface area (Å²) in [5.74, 6) is 0.846. The van der Waals surface area contributed by atoms with Crippen molar-refractivity contribution < 1.29 is 19.1 Å². The van der Waals surface area contributed by atoms with Crippen LogP contribution in [0.3, 0.4) is 0 Å². The lowest BCUT2D eigenvalue weighted by Crippen LogP contribution is -2.52. The monoisotopic (exact) mass is 472 g/mol. The van der Waals surface area contributed by atoms with Crippen LogP contribution in [0.5, 0.6) is 11.5 Å². The Labute approximate surface area is 203 Å². The first kappa shape index (κ1) is 25.8. The van der Waals surface area contributed by atoms with E-state index in [1.54, 1.807) is 39.3 Å². The van der Waals surface area contributed by atoms with Crippen molar-refractivity contribution in [3.63, 3.8) is 0 Å². The summed E-state index contributed by atoms with van der Waals surface area (Å²) in [6, 6.07) is 5.26. The summed E-state index contributed by atoms with van der Waals surface area (Å²) in [7, 11) is 3.11. The molecule has 0 aliphatic heterocycles. The number of hydrogen-bond donors (Lipinski definition) is 2. The van der Waals surface area contributed by atoms with Gasteiger partial charge in [-0.2, -0.15) is 0 Å². The maximum atomic E-state index is 13.5. The Morgan fingerprint density at radius 2 is 1.56 bits per heavy atom. The minimum absolute atomic E-state index is 0.0240. The van der Waals surface area contributed by atoms with Crippen LogP contribution in [0.15, 0.2) is 23.2 Å². The third-order valence-electron chi connectivity index (χ3n) is 6.96. The maximum Gasteiger partial charge on any atom is 0.247 e. The molecule has 3 N–H and O–H groups in total. The van der Waals surface area contributed by atoms with Gasteiger partial charge in [0, 0.05) is 12.1 Å². The maximum absolute atomic E-state index is 13.5. The van der Waals surface area contributed by atoms with E-state index < -0.39 is 6.04 Å². The molecular weight excluding hydrogens is 432 g/mol. The van der Waals surface area contributed by atoms with Crippen molar-refractivity contribution in [3.8, 4) is 11.5 Å². The Bertz CT molecular complexity index is 842. The number of amides is 2. The Balaban J connectivity index is 1.63. The predicted octanol–water partition coefficient (Wildman–Crippen LogP) is 3.56. The molecule has 2 aliphatic carbocycles. The van der Waals surface area contributed by atoms with Crippen molar-refractivity contribution >= 4 is 17.8 Å². The van der Waals surface area contributed by atoms with Gasteiger partial charge in [-0.1, -0.05) is 44.6 Å². The van der Waals surface area contributed by atoms with Crippen LogP contribution in [0.2, 0.25) is 0 Å². The first-order valence-electron chi connectivity index (χ1n) is 12.6. The summed E-state index contributed by atoms with van der Waals surface area (Å²) >= 11 is 0. The predicted molar refractivity (Wildman–Crippen MR) is 133 cm³/mol. The smallest absolute Gasteiger partial charge is 0.247 e. The van der Waals surface area contributed by atoms with Crippen molar-refractivity contribution in [1.82, 2.24) is 10.2 Å². The van der Waals surface area contributed by atoms with E-state index in [0.29, 0.717) is 23.6 Å². The van der Waals surface area contributed by atoms with E-state index in [-0.39, 0.29) is 24.2 Å². The van der Waals surface area contributed by atoms with Gasteiger partial charge in [0.25, 0.3) is 0 Å². The molecule has 8 nitrogen and oxygen atoms in total. The zero-order chi connectivity index (χ0) is 24.5. The van der Waals surface area contributed by atoms with Crippen LogP contribution in [0, 0.1) is 0 Å². The molecule has 2 fully saturated rings. The average Bonchev–Trinajstić information content (AvgIpc) is 2.85. The molecule has 188 valence electrons. The van der Waals surface area contributed by atoms with E-state index in [2.05, 4.69) is 15.2 Å². The number of aliphatic imine (C=N–C) groups is 1. The van der Waals surface area contributed by atoms with Gasteiger partial charge in [0.2, 0.25) is 11.8 Å².